The number of aliphatic hydroxyl groups is 1. The summed E-state index contributed by atoms with van der Waals surface area (Å²) >= 11 is 0. The number of fused-ring (bicyclic) bond motifs is 1. The van der Waals surface area contributed by atoms with Crippen molar-refractivity contribution >= 4 is 32.8 Å². The van der Waals surface area contributed by atoms with E-state index in [0.717, 1.165) is 36.6 Å². The minimum absolute atomic E-state index is 0.00398. The van der Waals surface area contributed by atoms with Crippen LogP contribution in [-0.2, 0) is 14.8 Å². The topological polar surface area (TPSA) is 152 Å². The summed E-state index contributed by atoms with van der Waals surface area (Å²) in [7, 11) is -1.87. The highest BCUT2D eigenvalue weighted by Crippen LogP contribution is 2.30. The quantitative estimate of drug-likeness (QED) is 0.316. The highest BCUT2D eigenvalue weighted by molar-refractivity contribution is 7.89. The molecule has 13 heteroatoms. The molecule has 1 saturated carbocycles. The van der Waals surface area contributed by atoms with Gasteiger partial charge in [-0.05, 0) is 57.7 Å². The molecule has 2 fully saturated rings. The van der Waals surface area contributed by atoms with Gasteiger partial charge in [0.1, 0.15) is 5.75 Å². The molecule has 3 heterocycles. The second-order valence-corrected chi connectivity index (χ2v) is 12.2. The molecule has 210 valence electrons. The number of hydrogen-bond acceptors (Lipinski definition) is 9. The van der Waals surface area contributed by atoms with Gasteiger partial charge in [-0.25, -0.2) is 22.8 Å². The average Bonchev–Trinajstić information content (AvgIpc) is 3.58. The van der Waals surface area contributed by atoms with Gasteiger partial charge in [0, 0.05) is 37.3 Å². The minimum Gasteiger partial charge on any atom is -0.493 e. The van der Waals surface area contributed by atoms with E-state index in [-0.39, 0.29) is 30.2 Å². The van der Waals surface area contributed by atoms with Crippen LogP contribution < -0.4 is 14.8 Å². The third-order valence-electron chi connectivity index (χ3n) is 7.44. The summed E-state index contributed by atoms with van der Waals surface area (Å²) in [4.78, 5) is 23.7. The normalized spacial score (nSPS) is 21.8. The van der Waals surface area contributed by atoms with E-state index in [9.17, 15) is 18.3 Å². The molecule has 0 unspecified atom stereocenters. The van der Waals surface area contributed by atoms with E-state index in [1.54, 1.807) is 28.0 Å². The third-order valence-corrected chi connectivity index (χ3v) is 8.89. The number of β-amino-alcohol motifs (C(OH)–C–C–N with tert-alkyl or cyclic N) is 1. The molecule has 1 saturated heterocycles. The molecule has 1 atom stereocenters. The maximum absolute atomic E-state index is 12.8. The number of ether oxygens (including phenoxy) is 1. The van der Waals surface area contributed by atoms with Crippen molar-refractivity contribution in [1.82, 2.24) is 29.4 Å². The molecular formula is C26H35N7O5S. The number of carbonyl (C=O) groups is 1. The maximum Gasteiger partial charge on any atom is 0.225 e. The van der Waals surface area contributed by atoms with Gasteiger partial charge in [0.25, 0.3) is 0 Å². The first-order chi connectivity index (χ1) is 18.8. The maximum atomic E-state index is 12.8. The van der Waals surface area contributed by atoms with Crippen molar-refractivity contribution in [3.05, 3.63) is 36.7 Å². The number of nitrogens with zero attached hydrogens (tertiary/aromatic N) is 5. The number of nitrogens with one attached hydrogen (secondary N) is 2. The summed E-state index contributed by atoms with van der Waals surface area (Å²) in [5.41, 5.74) is 0.811. The lowest BCUT2D eigenvalue weighted by molar-refractivity contribution is -0.135. The van der Waals surface area contributed by atoms with Crippen LogP contribution >= 0.6 is 0 Å². The van der Waals surface area contributed by atoms with Crippen LogP contribution in [0.15, 0.2) is 36.7 Å². The number of aromatic nitrogens is 4. The number of sulfonamides is 1. The number of anilines is 1. The van der Waals surface area contributed by atoms with Gasteiger partial charge in [0.2, 0.25) is 21.9 Å². The first-order valence-corrected chi connectivity index (χ1v) is 15.1. The van der Waals surface area contributed by atoms with Crippen LogP contribution in [0.4, 0.5) is 5.95 Å². The molecule has 1 aliphatic carbocycles. The summed E-state index contributed by atoms with van der Waals surface area (Å²) < 4.78 is 33.1. The van der Waals surface area contributed by atoms with Crippen molar-refractivity contribution in [1.29, 1.82) is 0 Å². The summed E-state index contributed by atoms with van der Waals surface area (Å²) in [5, 5.41) is 18.5. The Hall–Kier alpha value is -3.29. The highest BCUT2D eigenvalue weighted by atomic mass is 32.2. The molecule has 1 aromatic carbocycles. The van der Waals surface area contributed by atoms with Crippen molar-refractivity contribution in [3.8, 4) is 11.6 Å². The van der Waals surface area contributed by atoms with E-state index in [0.29, 0.717) is 43.4 Å². The second kappa shape index (κ2) is 11.8. The van der Waals surface area contributed by atoms with Gasteiger partial charge in [-0.15, -0.1) is 0 Å². The van der Waals surface area contributed by atoms with Crippen molar-refractivity contribution < 1.29 is 23.1 Å². The molecular weight excluding hydrogens is 522 g/mol. The molecule has 0 bridgehead atoms. The fourth-order valence-corrected chi connectivity index (χ4v) is 5.97. The van der Waals surface area contributed by atoms with Crippen LogP contribution in [0.5, 0.6) is 5.75 Å². The first-order valence-electron chi connectivity index (χ1n) is 13.4. The van der Waals surface area contributed by atoms with E-state index >= 15 is 0 Å². The van der Waals surface area contributed by atoms with Gasteiger partial charge >= 0.3 is 0 Å². The van der Waals surface area contributed by atoms with Gasteiger partial charge < -0.3 is 20.1 Å². The molecule has 3 N–H and O–H groups in total. The Bertz CT molecular complexity index is 1400. The van der Waals surface area contributed by atoms with Gasteiger partial charge in [0.05, 0.1) is 35.6 Å². The van der Waals surface area contributed by atoms with Gasteiger partial charge in [-0.3, -0.25) is 4.79 Å². The monoisotopic (exact) mass is 557 g/mol. The molecule has 2 aromatic heterocycles. The SMILES string of the molecule is CNS(=O)(=O)CCCOc1cccc2c1cnn2-c1ccnc(N[C@H]2CC[C@H](C(=O)N3CC[C@@H](O)C3)CC2)n1. The van der Waals surface area contributed by atoms with Crippen LogP contribution in [0.2, 0.25) is 0 Å². The first kappa shape index (κ1) is 27.3. The molecule has 1 amide bonds. The summed E-state index contributed by atoms with van der Waals surface area (Å²) in [6.45, 7) is 1.37. The lowest BCUT2D eigenvalue weighted by Gasteiger charge is -2.30. The van der Waals surface area contributed by atoms with E-state index in [4.69, 9.17) is 4.74 Å². The number of amides is 1. The molecule has 0 radical (unpaired) electrons. The Morgan fingerprint density at radius 2 is 2.00 bits per heavy atom. The van der Waals surface area contributed by atoms with E-state index in [1.807, 2.05) is 18.2 Å². The van der Waals surface area contributed by atoms with Crippen LogP contribution in [-0.4, -0.2) is 88.7 Å². The van der Waals surface area contributed by atoms with Gasteiger partial charge in [0.15, 0.2) is 5.82 Å². The number of likely N-dealkylation sites (tertiary alicyclic amines) is 1. The predicted molar refractivity (Wildman–Crippen MR) is 146 cm³/mol. The highest BCUT2D eigenvalue weighted by Gasteiger charge is 2.33. The molecule has 2 aliphatic rings. The van der Waals surface area contributed by atoms with Crippen LogP contribution in [0.3, 0.4) is 0 Å². The molecule has 0 spiro atoms. The Kier molecular flexibility index (Phi) is 8.29. The Morgan fingerprint density at radius 3 is 2.74 bits per heavy atom. The minimum atomic E-state index is -3.27. The number of rotatable bonds is 10. The van der Waals surface area contributed by atoms with Crippen LogP contribution in [0.25, 0.3) is 16.7 Å². The van der Waals surface area contributed by atoms with Crippen molar-refractivity contribution in [2.75, 3.05) is 37.8 Å². The Balaban J connectivity index is 1.20. The van der Waals surface area contributed by atoms with E-state index < -0.39 is 16.1 Å². The average molecular weight is 558 g/mol. The van der Waals surface area contributed by atoms with Crippen LogP contribution in [0.1, 0.15) is 38.5 Å². The number of carbonyl (C=O) groups excluding carboxylic acids is 1. The largest absolute Gasteiger partial charge is 0.493 e. The lowest BCUT2D eigenvalue weighted by atomic mass is 9.85. The lowest BCUT2D eigenvalue weighted by Crippen LogP contribution is -2.38. The standard InChI is InChI=1S/C26H35N7O5S/c1-27-39(36,37)15-3-14-38-23-5-2-4-22-21(23)16-29-33(22)24-10-12-28-26(31-24)30-19-8-6-18(7-9-19)25(35)32-13-11-20(34)17-32/h2,4-5,10,12,16,18-20,27,34H,3,6-9,11,13-15,17H2,1H3,(H,28,30,31)/t18-,19-,20-/m1/s1. The predicted octanol–water partition coefficient (Wildman–Crippen LogP) is 1.70. The van der Waals surface area contributed by atoms with Crippen molar-refractivity contribution in [2.45, 2.75) is 50.7 Å². The number of aliphatic hydroxyl groups excluding tert-OH is 1. The van der Waals surface area contributed by atoms with Gasteiger partial charge in [-0.1, -0.05) is 6.07 Å². The van der Waals surface area contributed by atoms with Gasteiger partial charge in [-0.2, -0.15) is 10.1 Å². The summed E-state index contributed by atoms with van der Waals surface area (Å²) in [6, 6.07) is 7.58. The summed E-state index contributed by atoms with van der Waals surface area (Å²) in [6.07, 6.45) is 7.34. The molecule has 1 aliphatic heterocycles. The zero-order chi connectivity index (χ0) is 27.4. The Morgan fingerprint density at radius 1 is 1.18 bits per heavy atom. The molecule has 39 heavy (non-hydrogen) atoms. The fraction of sp³-hybridized carbons (Fsp3) is 0.538. The summed E-state index contributed by atoms with van der Waals surface area (Å²) in [5.74, 6) is 1.92. The number of hydrogen-bond donors (Lipinski definition) is 3. The molecule has 5 rings (SSSR count). The van der Waals surface area contributed by atoms with E-state index in [1.165, 1.54) is 7.05 Å². The molecule has 3 aromatic rings. The smallest absolute Gasteiger partial charge is 0.225 e. The third kappa shape index (κ3) is 6.48. The van der Waals surface area contributed by atoms with Crippen LogP contribution in [0, 0.1) is 5.92 Å². The second-order valence-electron chi connectivity index (χ2n) is 10.1. The Labute approximate surface area is 227 Å². The van der Waals surface area contributed by atoms with Crippen molar-refractivity contribution in [3.63, 3.8) is 0 Å². The van der Waals surface area contributed by atoms with E-state index in [2.05, 4.69) is 25.1 Å². The molecule has 12 nitrogen and oxygen atoms in total. The fourth-order valence-electron chi connectivity index (χ4n) is 5.27. The zero-order valence-electron chi connectivity index (χ0n) is 22.0. The number of benzene rings is 1. The zero-order valence-corrected chi connectivity index (χ0v) is 22.8. The van der Waals surface area contributed by atoms with Crippen molar-refractivity contribution in [2.24, 2.45) is 5.92 Å².